The Kier molecular flexibility index (Phi) is 3.59. The van der Waals surface area contributed by atoms with Crippen molar-refractivity contribution in [3.8, 4) is 0 Å². The maximum atomic E-state index is 11.8. The molecule has 2 rings (SSSR count). The fourth-order valence-corrected chi connectivity index (χ4v) is 2.14. The number of ketones is 1. The van der Waals surface area contributed by atoms with Crippen LogP contribution >= 0.6 is 0 Å². The summed E-state index contributed by atoms with van der Waals surface area (Å²) < 4.78 is 0. The van der Waals surface area contributed by atoms with Crippen LogP contribution in [0.1, 0.15) is 39.0 Å². The van der Waals surface area contributed by atoms with E-state index in [-0.39, 0.29) is 29.7 Å². The van der Waals surface area contributed by atoms with Crippen molar-refractivity contribution >= 4 is 11.7 Å². The lowest BCUT2D eigenvalue weighted by Crippen LogP contribution is -2.61. The van der Waals surface area contributed by atoms with Crippen LogP contribution in [0.2, 0.25) is 0 Å². The van der Waals surface area contributed by atoms with E-state index >= 15 is 0 Å². The van der Waals surface area contributed by atoms with Crippen molar-refractivity contribution in [2.24, 2.45) is 5.92 Å². The molecular weight excluding hydrogens is 204 g/mol. The topological polar surface area (TPSA) is 58.2 Å². The van der Waals surface area contributed by atoms with Gasteiger partial charge in [0.25, 0.3) is 0 Å². The molecule has 1 saturated carbocycles. The van der Waals surface area contributed by atoms with Gasteiger partial charge < -0.3 is 10.6 Å². The first-order chi connectivity index (χ1) is 7.72. The number of carbonyl (C=O) groups is 2. The van der Waals surface area contributed by atoms with Gasteiger partial charge in [0, 0.05) is 12.5 Å². The van der Waals surface area contributed by atoms with Crippen LogP contribution in [0.3, 0.4) is 0 Å². The first-order valence-corrected chi connectivity index (χ1v) is 6.30. The van der Waals surface area contributed by atoms with Gasteiger partial charge in [-0.25, -0.2) is 0 Å². The van der Waals surface area contributed by atoms with Crippen molar-refractivity contribution in [2.75, 3.05) is 6.54 Å². The molecule has 0 aromatic heterocycles. The Labute approximate surface area is 96.2 Å². The van der Waals surface area contributed by atoms with Crippen LogP contribution in [0.25, 0.3) is 0 Å². The van der Waals surface area contributed by atoms with Crippen LogP contribution < -0.4 is 10.6 Å². The van der Waals surface area contributed by atoms with E-state index in [9.17, 15) is 9.59 Å². The lowest BCUT2D eigenvalue weighted by molar-refractivity contribution is -0.131. The second-order valence-electron chi connectivity index (χ2n) is 4.84. The van der Waals surface area contributed by atoms with Gasteiger partial charge in [0.15, 0.2) is 5.78 Å². The lowest BCUT2D eigenvalue weighted by Gasteiger charge is -2.29. The first kappa shape index (κ1) is 11.6. The largest absolute Gasteiger partial charge is 0.344 e. The molecule has 1 aliphatic carbocycles. The SMILES string of the molecule is CCCC[C@@H]1NC[C@@H](C(=O)C2CC2)NC1=O. The van der Waals surface area contributed by atoms with E-state index in [0.29, 0.717) is 6.54 Å². The highest BCUT2D eigenvalue weighted by Crippen LogP contribution is 2.31. The fraction of sp³-hybridized carbons (Fsp3) is 0.833. The van der Waals surface area contributed by atoms with Crippen molar-refractivity contribution < 1.29 is 9.59 Å². The van der Waals surface area contributed by atoms with Crippen molar-refractivity contribution in [3.63, 3.8) is 0 Å². The number of unbranched alkanes of at least 4 members (excludes halogenated alkanes) is 1. The summed E-state index contributed by atoms with van der Waals surface area (Å²) in [5, 5.41) is 6.03. The highest BCUT2D eigenvalue weighted by atomic mass is 16.2. The Bertz CT molecular complexity index is 287. The van der Waals surface area contributed by atoms with Gasteiger partial charge in [0.1, 0.15) is 6.04 Å². The van der Waals surface area contributed by atoms with E-state index in [1.807, 2.05) is 0 Å². The predicted octanol–water partition coefficient (Wildman–Crippen LogP) is 0.612. The Balaban J connectivity index is 1.81. The van der Waals surface area contributed by atoms with Crippen molar-refractivity contribution in [1.82, 2.24) is 10.6 Å². The minimum Gasteiger partial charge on any atom is -0.344 e. The van der Waals surface area contributed by atoms with Crippen LogP contribution in [-0.2, 0) is 9.59 Å². The second-order valence-corrected chi connectivity index (χ2v) is 4.84. The maximum Gasteiger partial charge on any atom is 0.237 e. The molecule has 0 spiro atoms. The van der Waals surface area contributed by atoms with Gasteiger partial charge in [0.2, 0.25) is 5.91 Å². The number of rotatable bonds is 5. The Morgan fingerprint density at radius 1 is 1.44 bits per heavy atom. The number of piperazine rings is 1. The van der Waals surface area contributed by atoms with Crippen molar-refractivity contribution in [2.45, 2.75) is 51.1 Å². The molecule has 2 fully saturated rings. The Morgan fingerprint density at radius 3 is 2.75 bits per heavy atom. The Morgan fingerprint density at radius 2 is 2.19 bits per heavy atom. The molecule has 1 aliphatic heterocycles. The predicted molar refractivity (Wildman–Crippen MR) is 61.0 cm³/mol. The summed E-state index contributed by atoms with van der Waals surface area (Å²) in [6.45, 7) is 2.72. The monoisotopic (exact) mass is 224 g/mol. The number of hydrogen-bond acceptors (Lipinski definition) is 3. The highest BCUT2D eigenvalue weighted by Gasteiger charge is 2.38. The molecule has 0 aromatic carbocycles. The molecule has 0 bridgehead atoms. The van der Waals surface area contributed by atoms with Gasteiger partial charge in [-0.05, 0) is 19.3 Å². The summed E-state index contributed by atoms with van der Waals surface area (Å²) in [4.78, 5) is 23.5. The summed E-state index contributed by atoms with van der Waals surface area (Å²) in [7, 11) is 0. The summed E-state index contributed by atoms with van der Waals surface area (Å²) in [6.07, 6.45) is 5.02. The van der Waals surface area contributed by atoms with Crippen LogP contribution in [0.4, 0.5) is 0 Å². The first-order valence-electron chi connectivity index (χ1n) is 6.30. The summed E-state index contributed by atoms with van der Waals surface area (Å²) in [6, 6.07) is -0.374. The van der Waals surface area contributed by atoms with Gasteiger partial charge in [-0.3, -0.25) is 9.59 Å². The van der Waals surface area contributed by atoms with E-state index < -0.39 is 0 Å². The molecule has 0 aromatic rings. The van der Waals surface area contributed by atoms with E-state index in [0.717, 1.165) is 32.1 Å². The summed E-state index contributed by atoms with van der Waals surface area (Å²) in [5.41, 5.74) is 0. The molecule has 4 heteroatoms. The van der Waals surface area contributed by atoms with Crippen LogP contribution in [0.5, 0.6) is 0 Å². The van der Waals surface area contributed by atoms with Crippen LogP contribution in [0, 0.1) is 5.92 Å². The molecule has 16 heavy (non-hydrogen) atoms. The number of amides is 1. The number of carbonyl (C=O) groups excluding carboxylic acids is 2. The second kappa shape index (κ2) is 4.95. The zero-order valence-corrected chi connectivity index (χ0v) is 9.79. The van der Waals surface area contributed by atoms with Gasteiger partial charge in [-0.2, -0.15) is 0 Å². The van der Waals surface area contributed by atoms with Crippen LogP contribution in [-0.4, -0.2) is 30.3 Å². The van der Waals surface area contributed by atoms with Crippen molar-refractivity contribution in [1.29, 1.82) is 0 Å². The quantitative estimate of drug-likeness (QED) is 0.719. The Hall–Kier alpha value is -0.900. The van der Waals surface area contributed by atoms with Gasteiger partial charge in [-0.1, -0.05) is 19.8 Å². The summed E-state index contributed by atoms with van der Waals surface area (Å²) in [5.74, 6) is 0.438. The van der Waals surface area contributed by atoms with Crippen LogP contribution in [0.15, 0.2) is 0 Å². The molecule has 90 valence electrons. The molecule has 2 atom stereocenters. The number of hydrogen-bond donors (Lipinski definition) is 2. The number of nitrogens with one attached hydrogen (secondary N) is 2. The minimum atomic E-state index is -0.280. The van der Waals surface area contributed by atoms with Gasteiger partial charge in [0.05, 0.1) is 6.04 Å². The average Bonchev–Trinajstić information content (AvgIpc) is 3.10. The molecule has 1 amide bonds. The fourth-order valence-electron chi connectivity index (χ4n) is 2.14. The smallest absolute Gasteiger partial charge is 0.237 e. The lowest BCUT2D eigenvalue weighted by atomic mass is 10.0. The van der Waals surface area contributed by atoms with Gasteiger partial charge in [-0.15, -0.1) is 0 Å². The molecule has 0 unspecified atom stereocenters. The third-order valence-electron chi connectivity index (χ3n) is 3.37. The zero-order valence-electron chi connectivity index (χ0n) is 9.79. The third kappa shape index (κ3) is 2.61. The molecule has 4 nitrogen and oxygen atoms in total. The molecule has 1 heterocycles. The van der Waals surface area contributed by atoms with E-state index in [1.54, 1.807) is 0 Å². The maximum absolute atomic E-state index is 11.8. The third-order valence-corrected chi connectivity index (χ3v) is 3.37. The molecule has 2 N–H and O–H groups in total. The average molecular weight is 224 g/mol. The standard InChI is InChI=1S/C12H20N2O2/c1-2-3-4-9-12(16)14-10(7-13-9)11(15)8-5-6-8/h8-10,13H,2-7H2,1H3,(H,14,16)/t9-,10-/m0/s1. The summed E-state index contributed by atoms with van der Waals surface area (Å²) >= 11 is 0. The minimum absolute atomic E-state index is 0.00120. The van der Waals surface area contributed by atoms with Crippen molar-refractivity contribution in [3.05, 3.63) is 0 Å². The molecule has 2 aliphatic rings. The van der Waals surface area contributed by atoms with Gasteiger partial charge >= 0.3 is 0 Å². The molecule has 0 radical (unpaired) electrons. The molecule has 1 saturated heterocycles. The zero-order chi connectivity index (χ0) is 11.5. The highest BCUT2D eigenvalue weighted by molar-refractivity contribution is 5.94. The van der Waals surface area contributed by atoms with E-state index in [1.165, 1.54) is 0 Å². The molecular formula is C12H20N2O2. The number of Topliss-reactive ketones (excluding diaryl/α,β-unsaturated/α-hetero) is 1. The normalized spacial score (nSPS) is 29.9. The van der Waals surface area contributed by atoms with E-state index in [2.05, 4.69) is 17.6 Å². The van der Waals surface area contributed by atoms with E-state index in [4.69, 9.17) is 0 Å².